The van der Waals surface area contributed by atoms with Crippen LogP contribution in [0.25, 0.3) is 10.8 Å². The Hall–Kier alpha value is -2.92. The van der Waals surface area contributed by atoms with Gasteiger partial charge in [0.05, 0.1) is 13.7 Å². The summed E-state index contributed by atoms with van der Waals surface area (Å²) in [5.41, 5.74) is 0.575. The first-order valence-electron chi connectivity index (χ1n) is 9.55. The number of carbonyl (C=O) groups excluding carboxylic acids is 1. The molecule has 1 aliphatic heterocycles. The second-order valence-electron chi connectivity index (χ2n) is 7.28. The van der Waals surface area contributed by atoms with Crippen molar-refractivity contribution in [2.24, 2.45) is 5.92 Å². The third-order valence-corrected chi connectivity index (χ3v) is 5.36. The summed E-state index contributed by atoms with van der Waals surface area (Å²) < 4.78 is 10.5. The average Bonchev–Trinajstić information content (AvgIpc) is 2.73. The van der Waals surface area contributed by atoms with Gasteiger partial charge in [-0.15, -0.1) is 0 Å². The zero-order chi connectivity index (χ0) is 19.5. The van der Waals surface area contributed by atoms with Crippen LogP contribution in [0.15, 0.2) is 64.0 Å². The fourth-order valence-electron chi connectivity index (χ4n) is 3.88. The van der Waals surface area contributed by atoms with Gasteiger partial charge < -0.3 is 9.15 Å². The first-order valence-corrected chi connectivity index (χ1v) is 9.55. The van der Waals surface area contributed by atoms with Gasteiger partial charge in [-0.2, -0.15) is 0 Å². The van der Waals surface area contributed by atoms with E-state index in [1.165, 1.54) is 19.4 Å². The van der Waals surface area contributed by atoms with Crippen LogP contribution < -0.4 is 10.2 Å². The molecule has 1 unspecified atom stereocenters. The van der Waals surface area contributed by atoms with Gasteiger partial charge in [-0.1, -0.05) is 36.4 Å². The van der Waals surface area contributed by atoms with E-state index in [-0.39, 0.29) is 22.9 Å². The second kappa shape index (κ2) is 7.98. The Morgan fingerprint density at radius 3 is 2.79 bits per heavy atom. The number of hydrogen-bond donors (Lipinski definition) is 0. The number of piperidine rings is 1. The molecule has 1 saturated heterocycles. The van der Waals surface area contributed by atoms with Crippen molar-refractivity contribution in [2.75, 3.05) is 20.2 Å². The third-order valence-electron chi connectivity index (χ3n) is 5.36. The Bertz CT molecular complexity index is 1060. The minimum absolute atomic E-state index is 0.0418. The van der Waals surface area contributed by atoms with E-state index in [1.807, 2.05) is 36.4 Å². The number of likely N-dealkylation sites (tertiary alicyclic amines) is 1. The maximum Gasteiger partial charge on any atom is 0.227 e. The van der Waals surface area contributed by atoms with Gasteiger partial charge in [-0.3, -0.25) is 14.5 Å². The van der Waals surface area contributed by atoms with Crippen molar-refractivity contribution < 1.29 is 13.9 Å². The number of ether oxygens (including phenoxy) is 1. The van der Waals surface area contributed by atoms with Gasteiger partial charge in [0.2, 0.25) is 11.2 Å². The molecule has 1 aromatic heterocycles. The molecule has 4 rings (SSSR count). The first-order chi connectivity index (χ1) is 13.6. The van der Waals surface area contributed by atoms with Crippen LogP contribution in [0.1, 0.15) is 29.0 Å². The largest absolute Gasteiger partial charge is 0.490 e. The highest BCUT2D eigenvalue weighted by molar-refractivity contribution is 6.01. The Kier molecular flexibility index (Phi) is 5.26. The Balaban J connectivity index is 1.47. The number of benzene rings is 2. The summed E-state index contributed by atoms with van der Waals surface area (Å²) in [6, 6.07) is 15.5. The maximum atomic E-state index is 13.1. The highest BCUT2D eigenvalue weighted by Crippen LogP contribution is 2.24. The zero-order valence-corrected chi connectivity index (χ0v) is 15.9. The van der Waals surface area contributed by atoms with Gasteiger partial charge in [0, 0.05) is 24.1 Å². The lowest BCUT2D eigenvalue weighted by atomic mass is 9.89. The number of rotatable bonds is 5. The van der Waals surface area contributed by atoms with Crippen LogP contribution in [-0.2, 0) is 6.54 Å². The minimum atomic E-state index is -0.190. The Morgan fingerprint density at radius 1 is 1.18 bits per heavy atom. The molecule has 0 aliphatic carbocycles. The average molecular weight is 377 g/mol. The van der Waals surface area contributed by atoms with E-state index >= 15 is 0 Å². The number of hydrogen-bond acceptors (Lipinski definition) is 5. The van der Waals surface area contributed by atoms with E-state index in [1.54, 1.807) is 0 Å². The number of Topliss-reactive ketones (excluding diaryl/α,β-unsaturated/α-hetero) is 1. The van der Waals surface area contributed by atoms with Gasteiger partial charge in [-0.05, 0) is 36.2 Å². The molecular formula is C23H23NO4. The van der Waals surface area contributed by atoms with Crippen molar-refractivity contribution >= 4 is 16.6 Å². The van der Waals surface area contributed by atoms with Crippen LogP contribution in [0, 0.1) is 5.92 Å². The molecule has 0 radical (unpaired) electrons. The van der Waals surface area contributed by atoms with E-state index in [4.69, 9.17) is 9.15 Å². The summed E-state index contributed by atoms with van der Waals surface area (Å²) in [5.74, 6) is 0.933. The van der Waals surface area contributed by atoms with Gasteiger partial charge in [-0.25, -0.2) is 0 Å². The summed E-state index contributed by atoms with van der Waals surface area (Å²) in [4.78, 5) is 27.2. The fourth-order valence-corrected chi connectivity index (χ4v) is 3.88. The molecule has 1 atom stereocenters. The van der Waals surface area contributed by atoms with Crippen molar-refractivity contribution in [3.05, 3.63) is 76.3 Å². The predicted molar refractivity (Wildman–Crippen MR) is 108 cm³/mol. The molecule has 5 heteroatoms. The van der Waals surface area contributed by atoms with Gasteiger partial charge in [0.15, 0.2) is 5.78 Å². The SMILES string of the molecule is COc1coc(CN2CCCC(C(=O)c3ccc4ccccc4c3)C2)cc1=O. The number of ketones is 1. The Morgan fingerprint density at radius 2 is 2.00 bits per heavy atom. The van der Waals surface area contributed by atoms with E-state index in [9.17, 15) is 9.59 Å². The minimum Gasteiger partial charge on any atom is -0.490 e. The fraction of sp³-hybridized carbons (Fsp3) is 0.304. The smallest absolute Gasteiger partial charge is 0.227 e. The topological polar surface area (TPSA) is 59.8 Å². The van der Waals surface area contributed by atoms with Crippen molar-refractivity contribution in [3.63, 3.8) is 0 Å². The molecule has 2 heterocycles. The van der Waals surface area contributed by atoms with E-state index in [2.05, 4.69) is 11.0 Å². The first kappa shape index (κ1) is 18.4. The number of nitrogens with zero attached hydrogens (tertiary/aromatic N) is 1. The lowest BCUT2D eigenvalue weighted by molar-refractivity contribution is 0.0802. The molecule has 3 aromatic rings. The van der Waals surface area contributed by atoms with Gasteiger partial charge in [0.1, 0.15) is 12.0 Å². The summed E-state index contributed by atoms with van der Waals surface area (Å²) in [6.45, 7) is 2.07. The highest BCUT2D eigenvalue weighted by Gasteiger charge is 2.27. The number of methoxy groups -OCH3 is 1. The predicted octanol–water partition coefficient (Wildman–Crippen LogP) is 3.90. The molecule has 5 nitrogen and oxygen atoms in total. The second-order valence-corrected chi connectivity index (χ2v) is 7.28. The summed E-state index contributed by atoms with van der Waals surface area (Å²) in [6.07, 6.45) is 3.18. The van der Waals surface area contributed by atoms with Crippen molar-refractivity contribution in [2.45, 2.75) is 19.4 Å². The molecule has 0 saturated carbocycles. The maximum absolute atomic E-state index is 13.1. The molecule has 28 heavy (non-hydrogen) atoms. The molecule has 0 N–H and O–H groups in total. The molecule has 1 fully saturated rings. The molecule has 2 aromatic carbocycles. The summed E-state index contributed by atoms with van der Waals surface area (Å²) >= 11 is 0. The monoisotopic (exact) mass is 377 g/mol. The Labute approximate surface area is 163 Å². The zero-order valence-electron chi connectivity index (χ0n) is 15.9. The van der Waals surface area contributed by atoms with Gasteiger partial charge in [0.25, 0.3) is 0 Å². The van der Waals surface area contributed by atoms with Crippen LogP contribution in [0.4, 0.5) is 0 Å². The lowest BCUT2D eigenvalue weighted by Gasteiger charge is -2.31. The third kappa shape index (κ3) is 3.85. The summed E-state index contributed by atoms with van der Waals surface area (Å²) in [5, 5.41) is 2.22. The van der Waals surface area contributed by atoms with E-state index < -0.39 is 0 Å². The normalized spacial score (nSPS) is 17.5. The van der Waals surface area contributed by atoms with Crippen LogP contribution in [0.3, 0.4) is 0 Å². The van der Waals surface area contributed by atoms with Crippen molar-refractivity contribution in [3.8, 4) is 5.75 Å². The lowest BCUT2D eigenvalue weighted by Crippen LogP contribution is -2.38. The van der Waals surface area contributed by atoms with Crippen LogP contribution in [0.2, 0.25) is 0 Å². The summed E-state index contributed by atoms with van der Waals surface area (Å²) in [7, 11) is 1.44. The van der Waals surface area contributed by atoms with E-state index in [0.29, 0.717) is 18.8 Å². The van der Waals surface area contributed by atoms with E-state index in [0.717, 1.165) is 35.7 Å². The molecule has 0 bridgehead atoms. The van der Waals surface area contributed by atoms with Crippen LogP contribution in [0.5, 0.6) is 5.75 Å². The molecule has 0 spiro atoms. The number of carbonyl (C=O) groups is 1. The molecule has 144 valence electrons. The highest BCUT2D eigenvalue weighted by atomic mass is 16.5. The van der Waals surface area contributed by atoms with Crippen LogP contribution >= 0.6 is 0 Å². The molecule has 0 amide bonds. The standard InChI is InChI=1S/C23H23NO4/c1-27-22-15-28-20(12-21(22)25)14-24-10-4-7-19(13-24)23(26)18-9-8-16-5-2-3-6-17(16)11-18/h2-3,5-6,8-9,11-12,15,19H,4,7,10,13-14H2,1H3. The van der Waals surface area contributed by atoms with Crippen molar-refractivity contribution in [1.29, 1.82) is 0 Å². The van der Waals surface area contributed by atoms with Gasteiger partial charge >= 0.3 is 0 Å². The quantitative estimate of drug-likeness (QED) is 0.631. The molecule has 1 aliphatic rings. The number of fused-ring (bicyclic) bond motifs is 1. The molecular weight excluding hydrogens is 354 g/mol. The van der Waals surface area contributed by atoms with Crippen LogP contribution in [-0.4, -0.2) is 30.9 Å². The van der Waals surface area contributed by atoms with Crippen molar-refractivity contribution in [1.82, 2.24) is 4.90 Å².